The second-order valence-corrected chi connectivity index (χ2v) is 12.8. The Hall–Kier alpha value is -3.51. The highest BCUT2D eigenvalue weighted by Gasteiger charge is 2.48. The molecule has 3 aliphatic heterocycles. The van der Waals surface area contributed by atoms with Crippen molar-refractivity contribution in [1.82, 2.24) is 0 Å². The molecule has 4 heterocycles. The van der Waals surface area contributed by atoms with Crippen LogP contribution in [0.1, 0.15) is 6.92 Å². The van der Waals surface area contributed by atoms with Gasteiger partial charge in [-0.2, -0.15) is 0 Å². The molecular weight excluding hydrogens is 700 g/mol. The Balaban J connectivity index is 1.14. The quantitative estimate of drug-likeness (QED) is 0.101. The van der Waals surface area contributed by atoms with Crippen LogP contribution >= 0.6 is 0 Å². The highest BCUT2D eigenvalue weighted by atomic mass is 16.7. The van der Waals surface area contributed by atoms with Crippen molar-refractivity contribution in [2.24, 2.45) is 0 Å². The number of aliphatic hydroxyl groups is 10. The smallest absolute Gasteiger partial charge is 0.229 e. The van der Waals surface area contributed by atoms with Gasteiger partial charge < -0.3 is 89.0 Å². The molecule has 0 saturated carbocycles. The second kappa shape index (κ2) is 15.5. The topological polar surface area (TPSA) is 308 Å². The van der Waals surface area contributed by atoms with E-state index in [1.165, 1.54) is 37.3 Å². The summed E-state index contributed by atoms with van der Waals surface area (Å²) in [6.45, 7) is 0.285. The van der Waals surface area contributed by atoms with Gasteiger partial charge in [0.2, 0.25) is 18.0 Å². The molecule has 52 heavy (non-hydrogen) atoms. The average Bonchev–Trinajstić information content (AvgIpc) is 3.13. The molecule has 15 atom stereocenters. The molecule has 0 bridgehead atoms. The van der Waals surface area contributed by atoms with Gasteiger partial charge in [-0.1, -0.05) is 12.1 Å². The van der Waals surface area contributed by atoms with Crippen LogP contribution in [0.5, 0.6) is 17.2 Å². The van der Waals surface area contributed by atoms with E-state index < -0.39 is 117 Å². The number of fused-ring (bicyclic) bond motifs is 1. The minimum Gasteiger partial charge on any atom is -0.507 e. The predicted octanol–water partition coefficient (Wildman–Crippen LogP) is -3.63. The third-order valence-corrected chi connectivity index (χ3v) is 9.25. The predicted molar refractivity (Wildman–Crippen MR) is 170 cm³/mol. The standard InChI is InChI=1S/C33H40O19/c1-11-21(36)25(40)28(43)31(48-11)47-10-19-24(39)27(42)30(45)33(52-19)50-14-6-16(35)20-17(7-14)46-9-15(22(20)37)12-2-4-13(5-3-12)49-32-29(44)26(41)23(38)18(8-34)51-32/h2-7,9,11,18-19,21,23-36,38-45H,8,10H2,1H3/t11-,18+,19+,21-,23+,24+,25+,26-,27-,28+,29+,30+,31+,32+,33+/m0/s1. The van der Waals surface area contributed by atoms with Crippen LogP contribution in [-0.2, 0) is 18.9 Å². The minimum atomic E-state index is -1.81. The second-order valence-electron chi connectivity index (χ2n) is 12.8. The van der Waals surface area contributed by atoms with Crippen LogP contribution in [0, 0.1) is 0 Å². The molecule has 0 unspecified atom stereocenters. The van der Waals surface area contributed by atoms with E-state index in [1.807, 2.05) is 0 Å². The first-order valence-corrected chi connectivity index (χ1v) is 16.2. The zero-order valence-corrected chi connectivity index (χ0v) is 27.3. The number of benzene rings is 2. The summed E-state index contributed by atoms with van der Waals surface area (Å²) in [6, 6.07) is 8.06. The Bertz CT molecular complexity index is 1730. The van der Waals surface area contributed by atoms with Crippen LogP contribution < -0.4 is 14.9 Å². The molecular formula is C33H40O19. The molecule has 2 aromatic carbocycles. The van der Waals surface area contributed by atoms with Crippen molar-refractivity contribution in [3.05, 3.63) is 52.9 Å². The monoisotopic (exact) mass is 740 g/mol. The fourth-order valence-corrected chi connectivity index (χ4v) is 6.11. The summed E-state index contributed by atoms with van der Waals surface area (Å²) in [6.07, 6.45) is -21.6. The summed E-state index contributed by atoms with van der Waals surface area (Å²) >= 11 is 0. The number of aromatic hydroxyl groups is 1. The Kier molecular flexibility index (Phi) is 11.4. The molecule has 286 valence electrons. The summed E-state index contributed by atoms with van der Waals surface area (Å²) in [7, 11) is 0. The maximum atomic E-state index is 13.5. The van der Waals surface area contributed by atoms with Gasteiger partial charge in [-0.15, -0.1) is 0 Å². The van der Waals surface area contributed by atoms with Crippen LogP contribution in [0.2, 0.25) is 0 Å². The Morgan fingerprint density at radius 2 is 1.21 bits per heavy atom. The van der Waals surface area contributed by atoms with Crippen LogP contribution in [-0.4, -0.2) is 162 Å². The fourth-order valence-electron chi connectivity index (χ4n) is 6.11. The van der Waals surface area contributed by atoms with Crippen molar-refractivity contribution in [3.8, 4) is 28.4 Å². The van der Waals surface area contributed by atoms with Gasteiger partial charge in [0.15, 0.2) is 6.29 Å². The molecule has 3 fully saturated rings. The maximum absolute atomic E-state index is 13.5. The van der Waals surface area contributed by atoms with Crippen molar-refractivity contribution >= 4 is 11.0 Å². The number of hydrogen-bond acceptors (Lipinski definition) is 19. The summed E-state index contributed by atoms with van der Waals surface area (Å²) < 4.78 is 38.7. The van der Waals surface area contributed by atoms with Crippen molar-refractivity contribution in [2.75, 3.05) is 13.2 Å². The molecule has 0 amide bonds. The molecule has 1 aromatic heterocycles. The van der Waals surface area contributed by atoms with E-state index in [4.69, 9.17) is 32.8 Å². The number of ether oxygens (including phenoxy) is 6. The number of hydrogen-bond donors (Lipinski definition) is 11. The van der Waals surface area contributed by atoms with E-state index in [0.29, 0.717) is 5.56 Å². The summed E-state index contributed by atoms with van der Waals surface area (Å²) in [5, 5.41) is 112. The Morgan fingerprint density at radius 3 is 1.85 bits per heavy atom. The van der Waals surface area contributed by atoms with Gasteiger partial charge in [-0.25, -0.2) is 0 Å². The van der Waals surface area contributed by atoms with E-state index >= 15 is 0 Å². The van der Waals surface area contributed by atoms with Gasteiger partial charge >= 0.3 is 0 Å². The SMILES string of the molecule is C[C@@H]1O[C@@H](OC[C@H]2O[C@@H](Oc3cc(O)c4c(=O)c(-c5ccc(O[C@@H]6O[C@H](CO)[C@@H](O)[C@H](O)[C@H]6O)cc5)coc4c3)[C@H](O)[C@@H](O)[C@@H]2O)[C@H](O)[C@H](O)[C@H]1O. The molecule has 6 rings (SSSR count). The van der Waals surface area contributed by atoms with Crippen molar-refractivity contribution in [2.45, 2.75) is 99.0 Å². The lowest BCUT2D eigenvalue weighted by molar-refractivity contribution is -0.318. The van der Waals surface area contributed by atoms with E-state index in [2.05, 4.69) is 0 Å². The molecule has 11 N–H and O–H groups in total. The van der Waals surface area contributed by atoms with E-state index in [1.54, 1.807) is 0 Å². The number of phenols is 1. The lowest BCUT2D eigenvalue weighted by atomic mass is 9.98. The van der Waals surface area contributed by atoms with Gasteiger partial charge in [0.1, 0.15) is 102 Å². The summed E-state index contributed by atoms with van der Waals surface area (Å²) in [5.74, 6) is -0.593. The lowest BCUT2D eigenvalue weighted by Gasteiger charge is -2.42. The first-order chi connectivity index (χ1) is 24.7. The highest BCUT2D eigenvalue weighted by Crippen LogP contribution is 2.34. The average molecular weight is 741 g/mol. The van der Waals surface area contributed by atoms with Gasteiger partial charge in [-0.05, 0) is 24.6 Å². The third kappa shape index (κ3) is 7.34. The summed E-state index contributed by atoms with van der Waals surface area (Å²) in [5.41, 5.74) is -0.403. The summed E-state index contributed by atoms with van der Waals surface area (Å²) in [4.78, 5) is 13.5. The van der Waals surface area contributed by atoms with Crippen LogP contribution in [0.3, 0.4) is 0 Å². The van der Waals surface area contributed by atoms with Gasteiger partial charge in [0, 0.05) is 12.1 Å². The van der Waals surface area contributed by atoms with Crippen LogP contribution in [0.4, 0.5) is 0 Å². The molecule has 19 heteroatoms. The van der Waals surface area contributed by atoms with E-state index in [-0.39, 0.29) is 28.0 Å². The highest BCUT2D eigenvalue weighted by molar-refractivity contribution is 5.88. The van der Waals surface area contributed by atoms with Gasteiger partial charge in [0.25, 0.3) is 0 Å². The minimum absolute atomic E-state index is 0.0327. The van der Waals surface area contributed by atoms with Crippen molar-refractivity contribution in [1.29, 1.82) is 0 Å². The molecule has 3 saturated heterocycles. The first kappa shape index (κ1) is 38.2. The molecule has 3 aromatic rings. The van der Waals surface area contributed by atoms with Crippen LogP contribution in [0.15, 0.2) is 51.9 Å². The lowest BCUT2D eigenvalue weighted by Crippen LogP contribution is -2.61. The molecule has 0 radical (unpaired) electrons. The van der Waals surface area contributed by atoms with E-state index in [9.17, 15) is 61.0 Å². The van der Waals surface area contributed by atoms with E-state index in [0.717, 1.165) is 12.3 Å². The zero-order chi connectivity index (χ0) is 37.6. The Labute approximate surface area is 293 Å². The van der Waals surface area contributed by atoms with Gasteiger partial charge in [0.05, 0.1) is 24.9 Å². The molecule has 0 aliphatic carbocycles. The molecule has 3 aliphatic rings. The number of aliphatic hydroxyl groups excluding tert-OH is 10. The number of rotatable bonds is 9. The zero-order valence-electron chi connectivity index (χ0n) is 27.3. The normalized spacial score (nSPS) is 38.2. The third-order valence-electron chi connectivity index (χ3n) is 9.25. The fraction of sp³-hybridized carbons (Fsp3) is 0.545. The maximum Gasteiger partial charge on any atom is 0.229 e. The first-order valence-electron chi connectivity index (χ1n) is 16.2. The molecule has 0 spiro atoms. The van der Waals surface area contributed by atoms with Gasteiger partial charge in [-0.3, -0.25) is 4.79 Å². The number of phenolic OH excluding ortho intramolecular Hbond substituents is 1. The molecule has 19 nitrogen and oxygen atoms in total. The van der Waals surface area contributed by atoms with Crippen LogP contribution in [0.25, 0.3) is 22.1 Å². The van der Waals surface area contributed by atoms with Crippen molar-refractivity contribution < 1.29 is 89.0 Å². The largest absolute Gasteiger partial charge is 0.507 e. The van der Waals surface area contributed by atoms with Crippen molar-refractivity contribution in [3.63, 3.8) is 0 Å². The Morgan fingerprint density at radius 1 is 0.654 bits per heavy atom.